The minimum absolute atomic E-state index is 0.0786. The second-order valence-electron chi connectivity index (χ2n) is 24.1. The van der Waals surface area contributed by atoms with Crippen molar-refractivity contribution in [2.75, 3.05) is 13.2 Å². The zero-order valence-corrected chi connectivity index (χ0v) is 54.3. The lowest BCUT2D eigenvalue weighted by Crippen LogP contribution is -2.30. The molecule has 0 aromatic rings. The fourth-order valence-electron chi connectivity index (χ4n) is 10.7. The van der Waals surface area contributed by atoms with Crippen LogP contribution in [-0.4, -0.2) is 37.2 Å². The Morgan fingerprint density at radius 3 is 0.753 bits per heavy atom. The SMILES string of the molecule is CC/C=C\C/C=C\C/C=C\C/C=C\C/C=C\CCCCCCCC(=O)OC(COC(=O)CCCCCCCCC)COC(=O)CCCCCCCCCCCCCCCCCCCCCCCCCCCCCCCCCCCCC. The van der Waals surface area contributed by atoms with Crippen LogP contribution in [-0.2, 0) is 28.6 Å². The van der Waals surface area contributed by atoms with E-state index in [4.69, 9.17) is 14.2 Å². The lowest BCUT2D eigenvalue weighted by atomic mass is 10.0. The van der Waals surface area contributed by atoms with Crippen LogP contribution in [0.3, 0.4) is 0 Å². The summed E-state index contributed by atoms with van der Waals surface area (Å²) in [6.45, 7) is 6.52. The minimum Gasteiger partial charge on any atom is -0.462 e. The van der Waals surface area contributed by atoms with Gasteiger partial charge in [0.1, 0.15) is 13.2 Å². The Bertz CT molecular complexity index is 1440. The maximum Gasteiger partial charge on any atom is 0.306 e. The van der Waals surface area contributed by atoms with Crippen LogP contribution >= 0.6 is 0 Å². The molecule has 0 radical (unpaired) electrons. The zero-order chi connectivity index (χ0) is 58.5. The summed E-state index contributed by atoms with van der Waals surface area (Å²) in [7, 11) is 0. The van der Waals surface area contributed by atoms with Crippen LogP contribution in [0.15, 0.2) is 60.8 Å². The van der Waals surface area contributed by atoms with E-state index in [1.807, 2.05) is 0 Å². The predicted octanol–water partition coefficient (Wildman–Crippen LogP) is 24.7. The second kappa shape index (κ2) is 69.6. The van der Waals surface area contributed by atoms with Gasteiger partial charge >= 0.3 is 17.9 Å². The van der Waals surface area contributed by atoms with Gasteiger partial charge in [0, 0.05) is 19.3 Å². The highest BCUT2D eigenvalue weighted by molar-refractivity contribution is 5.71. The molecule has 0 aromatic heterocycles. The van der Waals surface area contributed by atoms with E-state index in [2.05, 4.69) is 81.5 Å². The summed E-state index contributed by atoms with van der Waals surface area (Å²) >= 11 is 0. The van der Waals surface area contributed by atoms with E-state index in [-0.39, 0.29) is 31.1 Å². The molecule has 0 heterocycles. The van der Waals surface area contributed by atoms with E-state index in [0.717, 1.165) is 109 Å². The molecule has 0 saturated carbocycles. The molecule has 0 aliphatic heterocycles. The average Bonchev–Trinajstić information content (AvgIpc) is 3.47. The van der Waals surface area contributed by atoms with Crippen LogP contribution in [0.2, 0.25) is 0 Å². The third-order valence-electron chi connectivity index (χ3n) is 16.0. The van der Waals surface area contributed by atoms with Crippen molar-refractivity contribution in [3.05, 3.63) is 60.8 Å². The third kappa shape index (κ3) is 67.8. The Balaban J connectivity index is 3.97. The maximum atomic E-state index is 12.9. The van der Waals surface area contributed by atoms with Gasteiger partial charge < -0.3 is 14.2 Å². The Kier molecular flexibility index (Phi) is 67.1. The lowest BCUT2D eigenvalue weighted by molar-refractivity contribution is -0.167. The van der Waals surface area contributed by atoms with Crippen molar-refractivity contribution in [3.63, 3.8) is 0 Å². The molecule has 0 saturated heterocycles. The number of rotatable bonds is 66. The topological polar surface area (TPSA) is 78.9 Å². The Labute approximate surface area is 504 Å². The Hall–Kier alpha value is -2.89. The molecule has 1 unspecified atom stereocenters. The lowest BCUT2D eigenvalue weighted by Gasteiger charge is -2.18. The molecule has 0 amide bonds. The van der Waals surface area contributed by atoms with Crippen molar-refractivity contribution in [1.82, 2.24) is 0 Å². The van der Waals surface area contributed by atoms with Crippen molar-refractivity contribution < 1.29 is 28.6 Å². The predicted molar refractivity (Wildman–Crippen MR) is 353 cm³/mol. The summed E-state index contributed by atoms with van der Waals surface area (Å²) in [4.78, 5) is 38.1. The highest BCUT2D eigenvalue weighted by Crippen LogP contribution is 2.19. The summed E-state index contributed by atoms with van der Waals surface area (Å²) in [6.07, 6.45) is 90.2. The van der Waals surface area contributed by atoms with Crippen LogP contribution in [0.25, 0.3) is 0 Å². The summed E-state index contributed by atoms with van der Waals surface area (Å²) in [5, 5.41) is 0. The fourth-order valence-corrected chi connectivity index (χ4v) is 10.7. The van der Waals surface area contributed by atoms with Crippen molar-refractivity contribution in [2.24, 2.45) is 0 Å². The first-order valence-corrected chi connectivity index (χ1v) is 35.8. The van der Waals surface area contributed by atoms with Gasteiger partial charge in [0.15, 0.2) is 6.10 Å². The molecule has 0 aliphatic carbocycles. The molecule has 0 spiro atoms. The zero-order valence-electron chi connectivity index (χ0n) is 54.3. The van der Waals surface area contributed by atoms with Crippen molar-refractivity contribution in [1.29, 1.82) is 0 Å². The van der Waals surface area contributed by atoms with E-state index in [9.17, 15) is 14.4 Å². The maximum absolute atomic E-state index is 12.9. The number of carbonyl (C=O) groups excluding carboxylic acids is 3. The molecule has 81 heavy (non-hydrogen) atoms. The smallest absolute Gasteiger partial charge is 0.306 e. The Morgan fingerprint density at radius 2 is 0.481 bits per heavy atom. The van der Waals surface area contributed by atoms with Gasteiger partial charge in [0.05, 0.1) is 0 Å². The van der Waals surface area contributed by atoms with E-state index in [0.29, 0.717) is 19.3 Å². The molecule has 1 atom stereocenters. The van der Waals surface area contributed by atoms with Gasteiger partial charge in [-0.1, -0.05) is 358 Å². The van der Waals surface area contributed by atoms with Gasteiger partial charge in [-0.2, -0.15) is 0 Å². The molecule has 0 N–H and O–H groups in total. The van der Waals surface area contributed by atoms with Crippen LogP contribution < -0.4 is 0 Å². The molecule has 0 aromatic carbocycles. The molecule has 0 aliphatic rings. The van der Waals surface area contributed by atoms with E-state index < -0.39 is 6.10 Å². The van der Waals surface area contributed by atoms with Crippen molar-refractivity contribution in [3.8, 4) is 0 Å². The number of allylic oxidation sites excluding steroid dienone is 10. The summed E-state index contributed by atoms with van der Waals surface area (Å²) in [5.41, 5.74) is 0. The van der Waals surface area contributed by atoms with Gasteiger partial charge in [-0.3, -0.25) is 14.4 Å². The summed E-state index contributed by atoms with van der Waals surface area (Å²) in [6, 6.07) is 0. The largest absolute Gasteiger partial charge is 0.462 e. The van der Waals surface area contributed by atoms with Gasteiger partial charge in [0.2, 0.25) is 0 Å². The fraction of sp³-hybridized carbons (Fsp3) is 0.827. The number of hydrogen-bond donors (Lipinski definition) is 0. The number of ether oxygens (including phenoxy) is 3. The van der Waals surface area contributed by atoms with E-state index in [1.54, 1.807) is 0 Å². The van der Waals surface area contributed by atoms with Crippen LogP contribution in [0.4, 0.5) is 0 Å². The molecule has 6 heteroatoms. The summed E-state index contributed by atoms with van der Waals surface area (Å²) in [5.74, 6) is -0.886. The molecule has 0 fully saturated rings. The standard InChI is InChI=1S/C75H136O6/c1-4-7-10-13-16-18-20-22-24-26-28-30-31-32-33-34-35-36-37-38-39-40-41-42-43-45-46-48-50-52-54-56-59-62-65-68-74(77)80-71-72(70-79-73(76)67-64-61-58-15-12-9-6-3)81-75(78)69-66-63-60-57-55-53-51-49-47-44-29-27-25-23-21-19-17-14-11-8-5-2/h8,11,17,19,23,25,29,44,49,51,72H,4-7,9-10,12-16,18,20-22,24,26-28,30-43,45-48,50,52-71H2,1-3H3/b11-8-,19-17-,25-23-,44-29-,51-49-. The van der Waals surface area contributed by atoms with Crippen LogP contribution in [0, 0.1) is 0 Å². The van der Waals surface area contributed by atoms with Crippen LogP contribution in [0.1, 0.15) is 380 Å². The van der Waals surface area contributed by atoms with E-state index in [1.165, 1.54) is 231 Å². The van der Waals surface area contributed by atoms with E-state index >= 15 is 0 Å². The van der Waals surface area contributed by atoms with Gasteiger partial charge in [-0.15, -0.1) is 0 Å². The number of esters is 3. The molecule has 0 bridgehead atoms. The monoisotopic (exact) mass is 1130 g/mol. The first-order valence-electron chi connectivity index (χ1n) is 35.8. The third-order valence-corrected chi connectivity index (χ3v) is 16.0. The second-order valence-corrected chi connectivity index (χ2v) is 24.1. The minimum atomic E-state index is -0.782. The molecular formula is C75H136O6. The highest BCUT2D eigenvalue weighted by atomic mass is 16.6. The molecule has 6 nitrogen and oxygen atoms in total. The number of carbonyl (C=O) groups is 3. The van der Waals surface area contributed by atoms with Gasteiger partial charge in [-0.05, 0) is 64.2 Å². The first-order chi connectivity index (χ1) is 40.0. The Morgan fingerprint density at radius 1 is 0.259 bits per heavy atom. The molecular weight excluding hydrogens is 997 g/mol. The first kappa shape index (κ1) is 78.1. The highest BCUT2D eigenvalue weighted by Gasteiger charge is 2.19. The molecule has 0 rings (SSSR count). The van der Waals surface area contributed by atoms with Gasteiger partial charge in [-0.25, -0.2) is 0 Å². The normalized spacial score (nSPS) is 12.4. The quantitative estimate of drug-likeness (QED) is 0.0261. The van der Waals surface area contributed by atoms with Crippen molar-refractivity contribution in [2.45, 2.75) is 386 Å². The van der Waals surface area contributed by atoms with Crippen LogP contribution in [0.5, 0.6) is 0 Å². The average molecular weight is 1130 g/mol. The number of unbranched alkanes of at least 4 members (excludes halogenated alkanes) is 45. The van der Waals surface area contributed by atoms with Gasteiger partial charge in [0.25, 0.3) is 0 Å². The van der Waals surface area contributed by atoms with Crippen molar-refractivity contribution >= 4 is 17.9 Å². The number of hydrogen-bond acceptors (Lipinski definition) is 6. The molecule has 472 valence electrons. The summed E-state index contributed by atoms with van der Waals surface area (Å²) < 4.78 is 16.9.